The molecule has 1 aromatic carbocycles. The van der Waals surface area contributed by atoms with Crippen molar-refractivity contribution in [2.24, 2.45) is 0 Å². The van der Waals surface area contributed by atoms with Crippen molar-refractivity contribution in [3.05, 3.63) is 30.3 Å². The standard InChI is InChI=1S/C12H17N5OS/c1-13-7-8-17-12(14-15-16-17)19-10-9-18-11-5-3-2-4-6-11/h2-6,13H,7-10H2,1H3. The Labute approximate surface area is 116 Å². The molecule has 7 heteroatoms. The number of nitrogens with zero attached hydrogens (tertiary/aromatic N) is 4. The highest BCUT2D eigenvalue weighted by atomic mass is 32.2. The maximum Gasteiger partial charge on any atom is 0.209 e. The van der Waals surface area contributed by atoms with Gasteiger partial charge >= 0.3 is 0 Å². The summed E-state index contributed by atoms with van der Waals surface area (Å²) in [5.74, 6) is 1.70. The molecule has 1 aromatic heterocycles. The number of para-hydroxylation sites is 1. The van der Waals surface area contributed by atoms with E-state index in [0.717, 1.165) is 29.7 Å². The fraction of sp³-hybridized carbons (Fsp3) is 0.417. The third kappa shape index (κ3) is 4.53. The van der Waals surface area contributed by atoms with E-state index in [-0.39, 0.29) is 0 Å². The number of likely N-dealkylation sites (N-methyl/N-ethyl adjacent to an activating group) is 1. The second-order valence-electron chi connectivity index (χ2n) is 3.80. The first-order chi connectivity index (χ1) is 9.40. The van der Waals surface area contributed by atoms with E-state index in [1.165, 1.54) is 0 Å². The number of thioether (sulfide) groups is 1. The van der Waals surface area contributed by atoms with Crippen molar-refractivity contribution in [2.75, 3.05) is 26.0 Å². The smallest absolute Gasteiger partial charge is 0.209 e. The molecule has 0 radical (unpaired) electrons. The number of aromatic nitrogens is 4. The lowest BCUT2D eigenvalue weighted by Crippen LogP contribution is -2.16. The molecular weight excluding hydrogens is 262 g/mol. The van der Waals surface area contributed by atoms with Crippen LogP contribution in [0.25, 0.3) is 0 Å². The number of tetrazole rings is 1. The molecule has 1 heterocycles. The summed E-state index contributed by atoms with van der Waals surface area (Å²) in [4.78, 5) is 0. The maximum atomic E-state index is 5.61. The molecule has 0 aliphatic rings. The van der Waals surface area contributed by atoms with Gasteiger partial charge in [0.15, 0.2) is 0 Å². The predicted molar refractivity (Wildman–Crippen MR) is 74.4 cm³/mol. The summed E-state index contributed by atoms with van der Waals surface area (Å²) in [6, 6.07) is 9.78. The van der Waals surface area contributed by atoms with Gasteiger partial charge in [0.05, 0.1) is 13.2 Å². The molecule has 0 unspecified atom stereocenters. The zero-order valence-corrected chi connectivity index (χ0v) is 11.6. The van der Waals surface area contributed by atoms with Gasteiger partial charge in [-0.2, -0.15) is 0 Å². The van der Waals surface area contributed by atoms with Crippen LogP contribution in [0.1, 0.15) is 0 Å². The topological polar surface area (TPSA) is 64.9 Å². The highest BCUT2D eigenvalue weighted by molar-refractivity contribution is 7.99. The molecule has 2 rings (SSSR count). The van der Waals surface area contributed by atoms with Crippen LogP contribution < -0.4 is 10.1 Å². The Balaban J connectivity index is 1.72. The van der Waals surface area contributed by atoms with E-state index in [4.69, 9.17) is 4.74 Å². The Hall–Kier alpha value is -1.60. The quantitative estimate of drug-likeness (QED) is 0.576. The van der Waals surface area contributed by atoms with Gasteiger partial charge in [-0.05, 0) is 29.6 Å². The van der Waals surface area contributed by atoms with Gasteiger partial charge in [0, 0.05) is 12.3 Å². The SMILES string of the molecule is CNCCn1nnnc1SCCOc1ccccc1. The molecule has 2 aromatic rings. The first-order valence-electron chi connectivity index (χ1n) is 6.11. The van der Waals surface area contributed by atoms with E-state index in [9.17, 15) is 0 Å². The van der Waals surface area contributed by atoms with Crippen molar-refractivity contribution in [1.29, 1.82) is 0 Å². The van der Waals surface area contributed by atoms with Gasteiger partial charge in [-0.1, -0.05) is 30.0 Å². The Bertz CT molecular complexity index is 476. The van der Waals surface area contributed by atoms with Crippen molar-refractivity contribution in [3.63, 3.8) is 0 Å². The van der Waals surface area contributed by atoms with Crippen LogP contribution in [0, 0.1) is 0 Å². The Morgan fingerprint density at radius 3 is 2.95 bits per heavy atom. The van der Waals surface area contributed by atoms with Crippen LogP contribution in [0.5, 0.6) is 5.75 Å². The molecule has 0 spiro atoms. The lowest BCUT2D eigenvalue weighted by molar-refractivity contribution is 0.343. The van der Waals surface area contributed by atoms with Gasteiger partial charge in [-0.3, -0.25) is 0 Å². The molecule has 102 valence electrons. The summed E-state index contributed by atoms with van der Waals surface area (Å²) in [6.07, 6.45) is 0. The average molecular weight is 279 g/mol. The van der Waals surface area contributed by atoms with Crippen LogP contribution in [0.3, 0.4) is 0 Å². The molecule has 0 aliphatic carbocycles. The highest BCUT2D eigenvalue weighted by Crippen LogP contribution is 2.14. The number of ether oxygens (including phenoxy) is 1. The summed E-state index contributed by atoms with van der Waals surface area (Å²) in [7, 11) is 1.91. The van der Waals surface area contributed by atoms with Crippen LogP contribution in [-0.4, -0.2) is 46.2 Å². The van der Waals surface area contributed by atoms with Gasteiger partial charge in [0.2, 0.25) is 5.16 Å². The molecule has 1 N–H and O–H groups in total. The van der Waals surface area contributed by atoms with Crippen LogP contribution >= 0.6 is 11.8 Å². The van der Waals surface area contributed by atoms with Crippen LogP contribution in [0.15, 0.2) is 35.5 Å². The van der Waals surface area contributed by atoms with Crippen LogP contribution in [-0.2, 0) is 6.54 Å². The molecule has 0 saturated heterocycles. The summed E-state index contributed by atoms with van der Waals surface area (Å²) >= 11 is 1.60. The first-order valence-corrected chi connectivity index (χ1v) is 7.10. The van der Waals surface area contributed by atoms with E-state index in [0.29, 0.717) is 6.61 Å². The van der Waals surface area contributed by atoms with E-state index in [1.54, 1.807) is 16.4 Å². The molecular formula is C12H17N5OS. The van der Waals surface area contributed by atoms with Gasteiger partial charge in [0.25, 0.3) is 0 Å². The second-order valence-corrected chi connectivity index (χ2v) is 4.86. The lowest BCUT2D eigenvalue weighted by Gasteiger charge is -2.06. The van der Waals surface area contributed by atoms with Crippen LogP contribution in [0.2, 0.25) is 0 Å². The minimum Gasteiger partial charge on any atom is -0.493 e. The molecule has 0 bridgehead atoms. The zero-order chi connectivity index (χ0) is 13.3. The third-order valence-electron chi connectivity index (χ3n) is 2.40. The Kier molecular flexibility index (Phi) is 5.64. The maximum absolute atomic E-state index is 5.61. The Morgan fingerprint density at radius 1 is 1.32 bits per heavy atom. The number of rotatable bonds is 8. The van der Waals surface area contributed by atoms with E-state index in [2.05, 4.69) is 20.8 Å². The van der Waals surface area contributed by atoms with Crippen molar-refractivity contribution >= 4 is 11.8 Å². The molecule has 0 saturated carbocycles. The molecule has 0 amide bonds. The fourth-order valence-electron chi connectivity index (χ4n) is 1.47. The zero-order valence-electron chi connectivity index (χ0n) is 10.8. The first kappa shape index (κ1) is 13.8. The minimum absolute atomic E-state index is 0.633. The minimum atomic E-state index is 0.633. The highest BCUT2D eigenvalue weighted by Gasteiger charge is 2.05. The van der Waals surface area contributed by atoms with Crippen molar-refractivity contribution in [1.82, 2.24) is 25.5 Å². The van der Waals surface area contributed by atoms with E-state index < -0.39 is 0 Å². The summed E-state index contributed by atoms with van der Waals surface area (Å²) in [5, 5.41) is 15.5. The monoisotopic (exact) mass is 279 g/mol. The van der Waals surface area contributed by atoms with Crippen LogP contribution in [0.4, 0.5) is 0 Å². The second kappa shape index (κ2) is 7.75. The molecule has 0 aliphatic heterocycles. The number of nitrogens with one attached hydrogen (secondary N) is 1. The van der Waals surface area contributed by atoms with Gasteiger partial charge in [-0.25, -0.2) is 4.68 Å². The fourth-order valence-corrected chi connectivity index (χ4v) is 2.19. The van der Waals surface area contributed by atoms with Crippen molar-refractivity contribution in [2.45, 2.75) is 11.7 Å². The van der Waals surface area contributed by atoms with E-state index in [1.807, 2.05) is 37.4 Å². The predicted octanol–water partition coefficient (Wildman–Crippen LogP) is 1.06. The molecule has 0 fully saturated rings. The van der Waals surface area contributed by atoms with Crippen molar-refractivity contribution < 1.29 is 4.74 Å². The normalized spacial score (nSPS) is 10.6. The summed E-state index contributed by atoms with van der Waals surface area (Å²) < 4.78 is 7.41. The molecule has 19 heavy (non-hydrogen) atoms. The van der Waals surface area contributed by atoms with Gasteiger partial charge < -0.3 is 10.1 Å². The number of hydrogen-bond acceptors (Lipinski definition) is 6. The summed E-state index contributed by atoms with van der Waals surface area (Å²) in [5.41, 5.74) is 0. The lowest BCUT2D eigenvalue weighted by atomic mass is 10.3. The third-order valence-corrected chi connectivity index (χ3v) is 3.32. The Morgan fingerprint density at radius 2 is 2.16 bits per heavy atom. The average Bonchev–Trinajstić information content (AvgIpc) is 2.90. The number of benzene rings is 1. The van der Waals surface area contributed by atoms with Crippen molar-refractivity contribution in [3.8, 4) is 5.75 Å². The number of hydrogen-bond donors (Lipinski definition) is 1. The summed E-state index contributed by atoms with van der Waals surface area (Å²) in [6.45, 7) is 2.25. The van der Waals surface area contributed by atoms with Gasteiger partial charge in [-0.15, -0.1) is 5.10 Å². The van der Waals surface area contributed by atoms with E-state index >= 15 is 0 Å². The molecule has 0 atom stereocenters. The largest absolute Gasteiger partial charge is 0.493 e. The van der Waals surface area contributed by atoms with Gasteiger partial charge in [0.1, 0.15) is 5.75 Å². The molecule has 6 nitrogen and oxygen atoms in total.